The minimum Gasteiger partial charge on any atom is -0.307 e. The summed E-state index contributed by atoms with van der Waals surface area (Å²) >= 11 is 0. The molecule has 30 heavy (non-hydrogen) atoms. The van der Waals surface area contributed by atoms with Gasteiger partial charge in [-0.3, -0.25) is 29.4 Å². The Hall–Kier alpha value is -4.40. The van der Waals surface area contributed by atoms with E-state index in [0.717, 1.165) is 16.7 Å². The van der Waals surface area contributed by atoms with Crippen LogP contribution in [0.4, 0.5) is 11.5 Å². The van der Waals surface area contributed by atoms with E-state index in [1.54, 1.807) is 0 Å². The molecule has 1 aliphatic heterocycles. The molecule has 1 aliphatic rings. The number of hydrogen-bond donors (Lipinski definition) is 1. The van der Waals surface area contributed by atoms with Crippen LogP contribution in [0.1, 0.15) is 36.6 Å². The third-order valence-electron chi connectivity index (χ3n) is 4.62. The molecule has 0 radical (unpaired) electrons. The lowest BCUT2D eigenvalue weighted by Gasteiger charge is -2.13. The molecular weight excluding hydrogens is 388 g/mol. The number of anilines is 1. The summed E-state index contributed by atoms with van der Waals surface area (Å²) in [4.78, 5) is 52.9. The van der Waals surface area contributed by atoms with Crippen LogP contribution in [0.2, 0.25) is 0 Å². The molecular formula is C21H14N4O5. The Morgan fingerprint density at radius 3 is 2.40 bits per heavy atom. The Bertz CT molecular complexity index is 1180. The topological polar surface area (TPSA) is 123 Å². The maximum absolute atomic E-state index is 12.7. The Morgan fingerprint density at radius 1 is 1.00 bits per heavy atom. The van der Waals surface area contributed by atoms with E-state index < -0.39 is 22.6 Å². The van der Waals surface area contributed by atoms with Crippen molar-refractivity contribution in [3.05, 3.63) is 99.2 Å². The number of amides is 3. The van der Waals surface area contributed by atoms with Crippen molar-refractivity contribution in [2.75, 3.05) is 5.32 Å². The lowest BCUT2D eigenvalue weighted by molar-refractivity contribution is -0.385. The van der Waals surface area contributed by atoms with Crippen LogP contribution >= 0.6 is 0 Å². The lowest BCUT2D eigenvalue weighted by Crippen LogP contribution is -2.29. The zero-order valence-electron chi connectivity index (χ0n) is 15.4. The Labute approximate surface area is 170 Å². The fourth-order valence-corrected chi connectivity index (χ4v) is 3.10. The van der Waals surface area contributed by atoms with Gasteiger partial charge in [0.2, 0.25) is 0 Å². The van der Waals surface area contributed by atoms with Crippen molar-refractivity contribution in [3.8, 4) is 0 Å². The van der Waals surface area contributed by atoms with Gasteiger partial charge in [0.25, 0.3) is 23.4 Å². The first-order valence-electron chi connectivity index (χ1n) is 8.90. The first kappa shape index (κ1) is 18.9. The second-order valence-electron chi connectivity index (χ2n) is 6.56. The lowest BCUT2D eigenvalue weighted by atomic mass is 10.1. The zero-order chi connectivity index (χ0) is 21.3. The highest BCUT2D eigenvalue weighted by atomic mass is 16.6. The van der Waals surface area contributed by atoms with Crippen LogP contribution in [-0.2, 0) is 6.54 Å². The summed E-state index contributed by atoms with van der Waals surface area (Å²) in [6.45, 7) is 0.140. The largest absolute Gasteiger partial charge is 0.307 e. The molecule has 1 aromatic heterocycles. The summed E-state index contributed by atoms with van der Waals surface area (Å²) in [6.07, 6.45) is 1.03. The molecule has 148 valence electrons. The van der Waals surface area contributed by atoms with Gasteiger partial charge in [0, 0.05) is 11.6 Å². The van der Waals surface area contributed by atoms with Crippen LogP contribution in [0, 0.1) is 10.1 Å². The highest BCUT2D eigenvalue weighted by molar-refractivity contribution is 6.22. The number of benzene rings is 2. The highest BCUT2D eigenvalue weighted by Crippen LogP contribution is 2.26. The Balaban J connectivity index is 1.53. The van der Waals surface area contributed by atoms with Crippen LogP contribution in [0.15, 0.2) is 66.9 Å². The molecule has 0 aliphatic carbocycles. The van der Waals surface area contributed by atoms with Crippen molar-refractivity contribution in [2.45, 2.75) is 6.54 Å². The first-order chi connectivity index (χ1) is 14.4. The quantitative estimate of drug-likeness (QED) is 0.398. The van der Waals surface area contributed by atoms with E-state index >= 15 is 0 Å². The van der Waals surface area contributed by atoms with Crippen molar-refractivity contribution >= 4 is 29.2 Å². The van der Waals surface area contributed by atoms with Crippen molar-refractivity contribution in [3.63, 3.8) is 0 Å². The van der Waals surface area contributed by atoms with Crippen LogP contribution < -0.4 is 5.32 Å². The number of hydrogen-bond acceptors (Lipinski definition) is 6. The molecule has 0 atom stereocenters. The summed E-state index contributed by atoms with van der Waals surface area (Å²) in [5, 5.41) is 13.2. The molecule has 4 rings (SSSR count). The SMILES string of the molecule is O=C(Nc1ccc([N+](=O)[O-])cn1)c1ccc2c(c1)C(=O)N(Cc1ccccc1)C2=O. The zero-order valence-corrected chi connectivity index (χ0v) is 15.4. The van der Waals surface area contributed by atoms with E-state index in [2.05, 4.69) is 10.3 Å². The number of carbonyl (C=O) groups excluding carboxylic acids is 3. The van der Waals surface area contributed by atoms with Gasteiger partial charge in [0.1, 0.15) is 12.0 Å². The van der Waals surface area contributed by atoms with Crippen molar-refractivity contribution in [1.29, 1.82) is 0 Å². The van der Waals surface area contributed by atoms with Crippen LogP contribution in [-0.4, -0.2) is 32.5 Å². The number of carbonyl (C=O) groups is 3. The van der Waals surface area contributed by atoms with E-state index in [-0.39, 0.29) is 34.7 Å². The number of imide groups is 1. The number of aromatic nitrogens is 1. The number of fused-ring (bicyclic) bond motifs is 1. The van der Waals surface area contributed by atoms with Gasteiger partial charge in [-0.25, -0.2) is 4.98 Å². The van der Waals surface area contributed by atoms with Crippen molar-refractivity contribution < 1.29 is 19.3 Å². The Kier molecular flexibility index (Phi) is 4.77. The van der Waals surface area contributed by atoms with Crippen LogP contribution in [0.3, 0.4) is 0 Å². The number of nitro groups is 1. The molecule has 3 amide bonds. The van der Waals surface area contributed by atoms with E-state index in [9.17, 15) is 24.5 Å². The molecule has 0 saturated heterocycles. The van der Waals surface area contributed by atoms with E-state index in [0.29, 0.717) is 0 Å². The van der Waals surface area contributed by atoms with E-state index in [4.69, 9.17) is 0 Å². The summed E-state index contributed by atoms with van der Waals surface area (Å²) in [5.41, 5.74) is 1.17. The fraction of sp³-hybridized carbons (Fsp3) is 0.0476. The Morgan fingerprint density at radius 2 is 1.73 bits per heavy atom. The van der Waals surface area contributed by atoms with Crippen LogP contribution in [0.5, 0.6) is 0 Å². The second-order valence-corrected chi connectivity index (χ2v) is 6.56. The van der Waals surface area contributed by atoms with Gasteiger partial charge in [-0.15, -0.1) is 0 Å². The van der Waals surface area contributed by atoms with E-state index in [1.807, 2.05) is 30.3 Å². The molecule has 2 heterocycles. The van der Waals surface area contributed by atoms with Crippen molar-refractivity contribution in [1.82, 2.24) is 9.88 Å². The standard InChI is InChI=1S/C21H14N4O5/c26-19(23-18-9-7-15(11-22-18)25(29)30)14-6-8-16-17(10-14)21(28)24(20(16)27)12-13-4-2-1-3-5-13/h1-11H,12H2,(H,22,23,26). The molecule has 3 aromatic rings. The molecule has 0 fully saturated rings. The maximum Gasteiger partial charge on any atom is 0.287 e. The van der Waals surface area contributed by atoms with Gasteiger partial charge in [0.15, 0.2) is 0 Å². The molecule has 0 saturated carbocycles. The summed E-state index contributed by atoms with van der Waals surface area (Å²) < 4.78 is 0. The smallest absolute Gasteiger partial charge is 0.287 e. The average molecular weight is 402 g/mol. The molecule has 0 unspecified atom stereocenters. The van der Waals surface area contributed by atoms with Gasteiger partial charge >= 0.3 is 0 Å². The van der Waals surface area contributed by atoms with Gasteiger partial charge < -0.3 is 5.32 Å². The van der Waals surface area contributed by atoms with Crippen LogP contribution in [0.25, 0.3) is 0 Å². The second kappa shape index (κ2) is 7.55. The predicted molar refractivity (Wildman–Crippen MR) is 106 cm³/mol. The normalized spacial score (nSPS) is 12.6. The van der Waals surface area contributed by atoms with Gasteiger partial charge in [0.05, 0.1) is 22.6 Å². The molecule has 2 aromatic carbocycles. The summed E-state index contributed by atoms with van der Waals surface area (Å²) in [5.74, 6) is -1.31. The first-order valence-corrected chi connectivity index (χ1v) is 8.90. The number of rotatable bonds is 5. The fourth-order valence-electron chi connectivity index (χ4n) is 3.10. The minimum absolute atomic E-state index is 0.124. The number of pyridine rings is 1. The molecule has 9 heteroatoms. The predicted octanol–water partition coefficient (Wildman–Crippen LogP) is 3.04. The van der Waals surface area contributed by atoms with Gasteiger partial charge in [-0.05, 0) is 29.8 Å². The molecule has 9 nitrogen and oxygen atoms in total. The summed E-state index contributed by atoms with van der Waals surface area (Å²) in [6, 6.07) is 15.9. The average Bonchev–Trinajstić information content (AvgIpc) is 2.99. The number of nitrogens with one attached hydrogen (secondary N) is 1. The van der Waals surface area contributed by atoms with Crippen molar-refractivity contribution in [2.24, 2.45) is 0 Å². The van der Waals surface area contributed by atoms with Gasteiger partial charge in [-0.1, -0.05) is 30.3 Å². The third kappa shape index (κ3) is 3.51. The maximum atomic E-state index is 12.7. The van der Waals surface area contributed by atoms with E-state index in [1.165, 1.54) is 30.3 Å². The number of nitrogens with zero attached hydrogens (tertiary/aromatic N) is 3. The molecule has 1 N–H and O–H groups in total. The third-order valence-corrected chi connectivity index (χ3v) is 4.62. The van der Waals surface area contributed by atoms with Gasteiger partial charge in [-0.2, -0.15) is 0 Å². The minimum atomic E-state index is -0.594. The molecule has 0 spiro atoms. The molecule has 0 bridgehead atoms. The highest BCUT2D eigenvalue weighted by Gasteiger charge is 2.36. The summed E-state index contributed by atoms with van der Waals surface area (Å²) in [7, 11) is 0. The monoisotopic (exact) mass is 402 g/mol.